The Balaban J connectivity index is 0.00000112. The van der Waals surface area contributed by atoms with Crippen molar-refractivity contribution in [1.82, 2.24) is 0 Å². The summed E-state index contributed by atoms with van der Waals surface area (Å²) < 4.78 is 44.1. The monoisotopic (exact) mass is 254 g/mol. The van der Waals surface area contributed by atoms with Crippen molar-refractivity contribution in [2.24, 2.45) is 0 Å². The van der Waals surface area contributed by atoms with E-state index in [1.807, 2.05) is 0 Å². The smallest absolute Gasteiger partial charge is 0.768 e. The number of aryl methyl sites for hydroxylation is 1. The fourth-order valence-corrected chi connectivity index (χ4v) is 3.54. The number of benzene rings is 1. The molecular weight excluding hydrogens is 247 g/mol. The minimum atomic E-state index is -3.23. The second-order valence-corrected chi connectivity index (χ2v) is 6.09. The Morgan fingerprint density at radius 2 is 2.00 bits per heavy atom. The summed E-state index contributed by atoms with van der Waals surface area (Å²) in [6.07, 6.45) is 0.476. The molecule has 0 radical (unpaired) electrons. The Hall–Kier alpha value is 0.280. The van der Waals surface area contributed by atoms with Crippen LogP contribution in [-0.4, -0.2) is 22.9 Å². The second-order valence-electron chi connectivity index (χ2n) is 3.07. The van der Waals surface area contributed by atoms with Gasteiger partial charge in [0.25, 0.3) is 0 Å². The third-order valence-corrected chi connectivity index (χ3v) is 4.64. The Morgan fingerprint density at radius 1 is 1.33 bits per heavy atom. The zero-order valence-electron chi connectivity index (χ0n) is 8.10. The first-order valence-corrected chi connectivity index (χ1v) is 6.68. The van der Waals surface area contributed by atoms with Crippen molar-refractivity contribution in [3.05, 3.63) is 23.8 Å². The topological polar surface area (TPSA) is 74.3 Å². The fraction of sp³-hybridized carbons (Fsp3) is 0.250. The van der Waals surface area contributed by atoms with Crippen LogP contribution in [0.1, 0.15) is 5.56 Å². The third-order valence-electron chi connectivity index (χ3n) is 2.21. The standard InChI is InChI=1S/C8H8O4S2.Na/c9-13(10)7-2-1-6-3-4-14(11,12)8(6)5-7;/h1-2,5H,3-4H2,(H,9,10);/q;+1/p-1. The molecule has 0 bridgehead atoms. The molecule has 1 aliphatic heterocycles. The van der Waals surface area contributed by atoms with Crippen LogP contribution in [0.5, 0.6) is 0 Å². The van der Waals surface area contributed by atoms with E-state index < -0.39 is 20.9 Å². The first kappa shape index (κ1) is 13.3. The largest absolute Gasteiger partial charge is 1.00 e. The molecule has 7 heteroatoms. The predicted octanol–water partition coefficient (Wildman–Crippen LogP) is -2.74. The Labute approximate surface area is 113 Å². The molecule has 2 rings (SSSR count). The average Bonchev–Trinajstić information content (AvgIpc) is 2.42. The van der Waals surface area contributed by atoms with Crippen LogP contribution in [-0.2, 0) is 27.3 Å². The van der Waals surface area contributed by atoms with Crippen molar-refractivity contribution in [3.63, 3.8) is 0 Å². The van der Waals surface area contributed by atoms with Gasteiger partial charge in [-0.1, -0.05) is 6.07 Å². The summed E-state index contributed by atoms with van der Waals surface area (Å²) in [5.41, 5.74) is 0.708. The van der Waals surface area contributed by atoms with Gasteiger partial charge in [0.2, 0.25) is 0 Å². The maximum atomic E-state index is 11.4. The van der Waals surface area contributed by atoms with Crippen molar-refractivity contribution in [3.8, 4) is 0 Å². The molecule has 15 heavy (non-hydrogen) atoms. The molecule has 0 aromatic heterocycles. The number of sulfone groups is 1. The van der Waals surface area contributed by atoms with E-state index in [2.05, 4.69) is 0 Å². The Bertz CT molecular complexity index is 509. The summed E-state index contributed by atoms with van der Waals surface area (Å²) in [4.78, 5) is 0.188. The van der Waals surface area contributed by atoms with Gasteiger partial charge in [-0.2, -0.15) is 0 Å². The summed E-state index contributed by atoms with van der Waals surface area (Å²) >= 11 is -2.37. The molecule has 0 saturated heterocycles. The van der Waals surface area contributed by atoms with Gasteiger partial charge >= 0.3 is 29.6 Å². The first-order valence-electron chi connectivity index (χ1n) is 3.96. The zero-order chi connectivity index (χ0) is 10.3. The third kappa shape index (κ3) is 2.51. The molecule has 1 heterocycles. The van der Waals surface area contributed by atoms with E-state index in [4.69, 9.17) is 0 Å². The molecule has 76 valence electrons. The molecule has 0 saturated carbocycles. The van der Waals surface area contributed by atoms with E-state index >= 15 is 0 Å². The normalized spacial score (nSPS) is 19.0. The zero-order valence-corrected chi connectivity index (χ0v) is 11.7. The van der Waals surface area contributed by atoms with Gasteiger partial charge in [-0.25, -0.2) is 8.42 Å². The molecule has 1 unspecified atom stereocenters. The van der Waals surface area contributed by atoms with E-state index in [9.17, 15) is 17.2 Å². The van der Waals surface area contributed by atoms with E-state index in [0.717, 1.165) is 0 Å². The molecule has 0 aliphatic carbocycles. The van der Waals surface area contributed by atoms with Crippen molar-refractivity contribution < 1.29 is 46.7 Å². The molecule has 0 fully saturated rings. The molecule has 1 aliphatic rings. The maximum Gasteiger partial charge on any atom is 1.00 e. The maximum absolute atomic E-state index is 11.4. The van der Waals surface area contributed by atoms with Gasteiger partial charge in [0.15, 0.2) is 9.84 Å². The van der Waals surface area contributed by atoms with Crippen molar-refractivity contribution in [1.29, 1.82) is 0 Å². The van der Waals surface area contributed by atoms with Crippen LogP contribution in [0.4, 0.5) is 0 Å². The van der Waals surface area contributed by atoms with Crippen LogP contribution < -0.4 is 29.6 Å². The fourth-order valence-electron chi connectivity index (χ4n) is 1.49. The molecule has 0 amide bonds. The molecular formula is C8H7NaO4S2. The summed E-state index contributed by atoms with van der Waals surface area (Å²) in [5, 5.41) is 0. The van der Waals surface area contributed by atoms with Gasteiger partial charge in [0.05, 0.1) is 10.6 Å². The van der Waals surface area contributed by atoms with Crippen LogP contribution in [0, 0.1) is 0 Å². The van der Waals surface area contributed by atoms with Crippen molar-refractivity contribution in [2.75, 3.05) is 5.75 Å². The van der Waals surface area contributed by atoms with Crippen LogP contribution >= 0.6 is 0 Å². The summed E-state index contributed by atoms with van der Waals surface area (Å²) in [6.45, 7) is 0. The summed E-state index contributed by atoms with van der Waals surface area (Å²) in [5.74, 6) is 0.0806. The van der Waals surface area contributed by atoms with Gasteiger partial charge in [0.1, 0.15) is 0 Å². The molecule has 0 spiro atoms. The quantitative estimate of drug-likeness (QED) is 0.402. The van der Waals surface area contributed by atoms with Crippen LogP contribution in [0.2, 0.25) is 0 Å². The van der Waals surface area contributed by atoms with E-state index in [1.54, 1.807) is 6.07 Å². The van der Waals surface area contributed by atoms with Crippen LogP contribution in [0.25, 0.3) is 0 Å². The molecule has 1 aromatic rings. The Kier molecular flexibility index (Phi) is 4.13. The van der Waals surface area contributed by atoms with E-state index in [-0.39, 0.29) is 45.1 Å². The average molecular weight is 254 g/mol. The van der Waals surface area contributed by atoms with Crippen molar-refractivity contribution >= 4 is 20.9 Å². The Morgan fingerprint density at radius 3 is 2.60 bits per heavy atom. The number of hydrogen-bond acceptors (Lipinski definition) is 4. The van der Waals surface area contributed by atoms with Crippen LogP contribution in [0.3, 0.4) is 0 Å². The minimum absolute atomic E-state index is 0. The van der Waals surface area contributed by atoms with Crippen LogP contribution in [0.15, 0.2) is 28.0 Å². The van der Waals surface area contributed by atoms with Gasteiger partial charge in [-0.15, -0.1) is 0 Å². The number of rotatable bonds is 1. The molecule has 1 aromatic carbocycles. The number of fused-ring (bicyclic) bond motifs is 1. The first-order chi connectivity index (χ1) is 6.50. The SMILES string of the molecule is O=S([O-])c1ccc2c(c1)S(=O)(=O)CC2.[Na+]. The summed E-state index contributed by atoms with van der Waals surface area (Å²) in [7, 11) is -3.23. The van der Waals surface area contributed by atoms with Gasteiger partial charge in [-0.05, 0) is 35.2 Å². The molecule has 1 atom stereocenters. The van der Waals surface area contributed by atoms with E-state index in [0.29, 0.717) is 12.0 Å². The van der Waals surface area contributed by atoms with E-state index in [1.165, 1.54) is 12.1 Å². The van der Waals surface area contributed by atoms with Gasteiger partial charge < -0.3 is 4.55 Å². The van der Waals surface area contributed by atoms with Crippen molar-refractivity contribution in [2.45, 2.75) is 16.2 Å². The molecule has 4 nitrogen and oxygen atoms in total. The van der Waals surface area contributed by atoms with Gasteiger partial charge in [-0.3, -0.25) is 4.21 Å². The summed E-state index contributed by atoms with van der Waals surface area (Å²) in [6, 6.07) is 4.20. The number of hydrogen-bond donors (Lipinski definition) is 0. The minimum Gasteiger partial charge on any atom is -0.768 e. The second kappa shape index (κ2) is 4.65. The predicted molar refractivity (Wildman–Crippen MR) is 49.4 cm³/mol. The van der Waals surface area contributed by atoms with Gasteiger partial charge in [0, 0.05) is 4.90 Å². The molecule has 0 N–H and O–H groups in total.